The van der Waals surface area contributed by atoms with Crippen LogP contribution in [0.3, 0.4) is 0 Å². The highest BCUT2D eigenvalue weighted by atomic mass is 19.3. The lowest BCUT2D eigenvalue weighted by atomic mass is 10.3. The van der Waals surface area contributed by atoms with Crippen molar-refractivity contribution in [3.05, 3.63) is 30.3 Å². The van der Waals surface area contributed by atoms with E-state index in [1.165, 1.54) is 0 Å². The van der Waals surface area contributed by atoms with Gasteiger partial charge in [-0.05, 0) is 12.1 Å². The van der Waals surface area contributed by atoms with Gasteiger partial charge in [0.2, 0.25) is 0 Å². The van der Waals surface area contributed by atoms with E-state index < -0.39 is 6.43 Å². The van der Waals surface area contributed by atoms with Gasteiger partial charge >= 0.3 is 0 Å². The molecule has 1 aliphatic heterocycles. The smallest absolute Gasteiger partial charge is 0.295 e. The monoisotopic (exact) mass is 196 g/mol. The maximum Gasteiger partial charge on any atom is 0.295 e. The molecule has 0 unspecified atom stereocenters. The van der Waals surface area contributed by atoms with E-state index in [4.69, 9.17) is 0 Å². The summed E-state index contributed by atoms with van der Waals surface area (Å²) in [6, 6.07) is 9.14. The quantitative estimate of drug-likeness (QED) is 0.707. The minimum absolute atomic E-state index is 0.115. The number of para-hydroxylation sites is 1. The van der Waals surface area contributed by atoms with Gasteiger partial charge in [-0.25, -0.2) is 8.78 Å². The molecule has 0 aromatic heterocycles. The molecule has 14 heavy (non-hydrogen) atoms. The van der Waals surface area contributed by atoms with Gasteiger partial charge in [-0.3, -0.25) is 4.99 Å². The molecule has 0 N–H and O–H groups in total. The Hall–Kier alpha value is -1.45. The van der Waals surface area contributed by atoms with Gasteiger partial charge in [0.15, 0.2) is 5.84 Å². The van der Waals surface area contributed by atoms with Crippen molar-refractivity contribution in [2.75, 3.05) is 18.0 Å². The summed E-state index contributed by atoms with van der Waals surface area (Å²) < 4.78 is 25.0. The fraction of sp³-hybridized carbons (Fsp3) is 0.300. The first-order valence-electron chi connectivity index (χ1n) is 4.44. The summed E-state index contributed by atoms with van der Waals surface area (Å²) in [5, 5.41) is 0. The second-order valence-corrected chi connectivity index (χ2v) is 3.03. The van der Waals surface area contributed by atoms with E-state index in [9.17, 15) is 8.78 Å². The molecule has 4 heteroatoms. The molecular weight excluding hydrogens is 186 g/mol. The number of hydrogen-bond donors (Lipinski definition) is 0. The second-order valence-electron chi connectivity index (χ2n) is 3.03. The van der Waals surface area contributed by atoms with E-state index in [0.717, 1.165) is 5.69 Å². The lowest BCUT2D eigenvalue weighted by Crippen LogP contribution is -2.32. The topological polar surface area (TPSA) is 15.6 Å². The Labute approximate surface area is 80.9 Å². The Morgan fingerprint density at radius 2 is 1.93 bits per heavy atom. The van der Waals surface area contributed by atoms with Crippen molar-refractivity contribution >= 4 is 11.5 Å². The summed E-state index contributed by atoms with van der Waals surface area (Å²) >= 11 is 0. The molecule has 1 aromatic carbocycles. The molecule has 0 saturated carbocycles. The molecule has 0 radical (unpaired) electrons. The van der Waals surface area contributed by atoms with Crippen molar-refractivity contribution in [3.63, 3.8) is 0 Å². The van der Waals surface area contributed by atoms with Crippen molar-refractivity contribution in [2.45, 2.75) is 6.43 Å². The first-order valence-corrected chi connectivity index (χ1v) is 4.44. The lowest BCUT2D eigenvalue weighted by molar-refractivity contribution is 0.224. The summed E-state index contributed by atoms with van der Waals surface area (Å²) in [6.07, 6.45) is -2.49. The Morgan fingerprint density at radius 1 is 1.21 bits per heavy atom. The summed E-state index contributed by atoms with van der Waals surface area (Å²) in [5.74, 6) is -0.115. The number of halogens is 2. The molecule has 0 saturated heterocycles. The van der Waals surface area contributed by atoms with Gasteiger partial charge in [0, 0.05) is 12.2 Å². The third-order valence-electron chi connectivity index (χ3n) is 2.14. The molecule has 0 atom stereocenters. The van der Waals surface area contributed by atoms with Crippen LogP contribution in [0.5, 0.6) is 0 Å². The van der Waals surface area contributed by atoms with Gasteiger partial charge in [0.05, 0.1) is 6.54 Å². The SMILES string of the molecule is FC(F)C1=NCCN1c1ccccc1. The number of benzene rings is 1. The highest BCUT2D eigenvalue weighted by Crippen LogP contribution is 2.19. The number of amidine groups is 1. The van der Waals surface area contributed by atoms with Crippen LogP contribution in [-0.2, 0) is 0 Å². The van der Waals surface area contributed by atoms with Crippen LogP contribution >= 0.6 is 0 Å². The molecular formula is C10H10F2N2. The average molecular weight is 196 g/mol. The second kappa shape index (κ2) is 3.74. The zero-order valence-electron chi connectivity index (χ0n) is 7.53. The Morgan fingerprint density at radius 3 is 2.57 bits per heavy atom. The Bertz CT molecular complexity index is 335. The molecule has 1 heterocycles. The van der Waals surface area contributed by atoms with Gasteiger partial charge in [0.25, 0.3) is 6.43 Å². The van der Waals surface area contributed by atoms with Gasteiger partial charge in [-0.2, -0.15) is 0 Å². The maximum atomic E-state index is 12.5. The highest BCUT2D eigenvalue weighted by Gasteiger charge is 2.25. The van der Waals surface area contributed by atoms with Crippen LogP contribution in [0.1, 0.15) is 0 Å². The molecule has 1 aliphatic rings. The van der Waals surface area contributed by atoms with Crippen molar-refractivity contribution < 1.29 is 8.78 Å². The minimum atomic E-state index is -2.49. The van der Waals surface area contributed by atoms with Gasteiger partial charge in [-0.1, -0.05) is 18.2 Å². The van der Waals surface area contributed by atoms with Crippen LogP contribution < -0.4 is 4.90 Å². The summed E-state index contributed by atoms with van der Waals surface area (Å²) in [5.41, 5.74) is 0.782. The zero-order valence-corrected chi connectivity index (χ0v) is 7.53. The number of rotatable bonds is 2. The molecule has 0 fully saturated rings. The lowest BCUT2D eigenvalue weighted by Gasteiger charge is -2.19. The van der Waals surface area contributed by atoms with Crippen LogP contribution in [0.15, 0.2) is 35.3 Å². The fourth-order valence-corrected chi connectivity index (χ4v) is 1.52. The molecule has 74 valence electrons. The average Bonchev–Trinajstić information content (AvgIpc) is 2.67. The zero-order chi connectivity index (χ0) is 9.97. The molecule has 0 amide bonds. The van der Waals surface area contributed by atoms with Crippen molar-refractivity contribution in [1.29, 1.82) is 0 Å². The number of nitrogens with zero attached hydrogens (tertiary/aromatic N) is 2. The molecule has 2 nitrogen and oxygen atoms in total. The molecule has 0 aliphatic carbocycles. The minimum Gasteiger partial charge on any atom is -0.324 e. The molecule has 1 aromatic rings. The standard InChI is InChI=1S/C10H10F2N2/c11-9(12)10-13-6-7-14(10)8-4-2-1-3-5-8/h1-5,9H,6-7H2. The van der Waals surface area contributed by atoms with Crippen molar-refractivity contribution in [1.82, 2.24) is 0 Å². The number of hydrogen-bond acceptors (Lipinski definition) is 2. The number of aliphatic imine (C=N–C) groups is 1. The van der Waals surface area contributed by atoms with Crippen molar-refractivity contribution in [2.24, 2.45) is 4.99 Å². The van der Waals surface area contributed by atoms with E-state index in [1.54, 1.807) is 4.90 Å². The van der Waals surface area contributed by atoms with Crippen LogP contribution in [0, 0.1) is 0 Å². The first kappa shape index (κ1) is 9.12. The number of anilines is 1. The van der Waals surface area contributed by atoms with E-state index in [1.807, 2.05) is 30.3 Å². The van der Waals surface area contributed by atoms with E-state index >= 15 is 0 Å². The summed E-state index contributed by atoms with van der Waals surface area (Å²) in [7, 11) is 0. The first-order chi connectivity index (χ1) is 6.79. The van der Waals surface area contributed by atoms with E-state index in [0.29, 0.717) is 13.1 Å². The summed E-state index contributed by atoms with van der Waals surface area (Å²) in [4.78, 5) is 5.35. The van der Waals surface area contributed by atoms with Gasteiger partial charge < -0.3 is 4.90 Å². The normalized spacial score (nSPS) is 16.2. The third-order valence-corrected chi connectivity index (χ3v) is 2.14. The van der Waals surface area contributed by atoms with E-state index in [-0.39, 0.29) is 5.84 Å². The predicted molar refractivity (Wildman–Crippen MR) is 52.1 cm³/mol. The van der Waals surface area contributed by atoms with Crippen LogP contribution in [0.25, 0.3) is 0 Å². The molecule has 0 spiro atoms. The van der Waals surface area contributed by atoms with Crippen LogP contribution in [0.4, 0.5) is 14.5 Å². The predicted octanol–water partition coefficient (Wildman–Crippen LogP) is 2.17. The molecule has 0 bridgehead atoms. The maximum absolute atomic E-state index is 12.5. The summed E-state index contributed by atoms with van der Waals surface area (Å²) in [6.45, 7) is 0.998. The highest BCUT2D eigenvalue weighted by molar-refractivity contribution is 6.01. The number of alkyl halides is 2. The van der Waals surface area contributed by atoms with Crippen LogP contribution in [-0.4, -0.2) is 25.4 Å². The molecule has 2 rings (SSSR count). The Balaban J connectivity index is 2.24. The van der Waals surface area contributed by atoms with Gasteiger partial charge in [-0.15, -0.1) is 0 Å². The third kappa shape index (κ3) is 1.60. The largest absolute Gasteiger partial charge is 0.324 e. The van der Waals surface area contributed by atoms with E-state index in [2.05, 4.69) is 4.99 Å². The van der Waals surface area contributed by atoms with Crippen molar-refractivity contribution in [3.8, 4) is 0 Å². The van der Waals surface area contributed by atoms with Gasteiger partial charge in [0.1, 0.15) is 0 Å². The fourth-order valence-electron chi connectivity index (χ4n) is 1.52. The van der Waals surface area contributed by atoms with Crippen LogP contribution in [0.2, 0.25) is 0 Å². The Kier molecular flexibility index (Phi) is 2.43.